The molecule has 0 aliphatic heterocycles. The lowest BCUT2D eigenvalue weighted by Crippen LogP contribution is -2.11. The topological polar surface area (TPSA) is 0 Å². The summed E-state index contributed by atoms with van der Waals surface area (Å²) in [4.78, 5) is 0. The summed E-state index contributed by atoms with van der Waals surface area (Å²) in [7, 11) is 0. The fourth-order valence-electron chi connectivity index (χ4n) is 3.22. The first kappa shape index (κ1) is 9.90. The third-order valence-corrected chi connectivity index (χ3v) is 4.02. The standard InChI is InChI=1S/C18H14/c1-2-8-14-13(7-1)15-9-3-4-11-17(15)18-12-6-5-10-16(14)18/h1-11,18H,12H2. The second-order valence-corrected chi connectivity index (χ2v) is 4.97. The molecule has 4 rings (SSSR count). The van der Waals surface area contributed by atoms with Gasteiger partial charge in [-0.3, -0.25) is 0 Å². The molecule has 2 aliphatic carbocycles. The third-order valence-electron chi connectivity index (χ3n) is 4.02. The molecule has 0 amide bonds. The molecule has 1 atom stereocenters. The average molecular weight is 230 g/mol. The van der Waals surface area contributed by atoms with Gasteiger partial charge in [0, 0.05) is 5.92 Å². The summed E-state index contributed by atoms with van der Waals surface area (Å²) in [6.45, 7) is 0. The van der Waals surface area contributed by atoms with Gasteiger partial charge < -0.3 is 0 Å². The first-order valence-electron chi connectivity index (χ1n) is 6.50. The second kappa shape index (κ2) is 3.71. The Morgan fingerprint density at radius 1 is 0.778 bits per heavy atom. The number of benzene rings is 2. The fraction of sp³-hybridized carbons (Fsp3) is 0.111. The van der Waals surface area contributed by atoms with Crippen LogP contribution in [0.3, 0.4) is 0 Å². The van der Waals surface area contributed by atoms with Crippen molar-refractivity contribution in [2.75, 3.05) is 0 Å². The lowest BCUT2D eigenvalue weighted by atomic mass is 9.72. The summed E-state index contributed by atoms with van der Waals surface area (Å²) in [5.74, 6) is 0.543. The number of hydrogen-bond donors (Lipinski definition) is 0. The van der Waals surface area contributed by atoms with Crippen LogP contribution >= 0.6 is 0 Å². The van der Waals surface area contributed by atoms with Gasteiger partial charge >= 0.3 is 0 Å². The monoisotopic (exact) mass is 230 g/mol. The molecule has 0 aromatic heterocycles. The van der Waals surface area contributed by atoms with Crippen molar-refractivity contribution >= 4 is 5.57 Å². The maximum absolute atomic E-state index is 2.28. The molecule has 18 heavy (non-hydrogen) atoms. The highest BCUT2D eigenvalue weighted by atomic mass is 14.3. The summed E-state index contributed by atoms with van der Waals surface area (Å²) in [5, 5.41) is 0. The first-order valence-corrected chi connectivity index (χ1v) is 6.50. The van der Waals surface area contributed by atoms with E-state index in [0.29, 0.717) is 5.92 Å². The lowest BCUT2D eigenvalue weighted by molar-refractivity contribution is 0.868. The van der Waals surface area contributed by atoms with Crippen molar-refractivity contribution in [3.63, 3.8) is 0 Å². The average Bonchev–Trinajstić information content (AvgIpc) is 2.48. The van der Waals surface area contributed by atoms with Crippen molar-refractivity contribution in [1.82, 2.24) is 0 Å². The highest BCUT2D eigenvalue weighted by Gasteiger charge is 2.28. The molecule has 0 bridgehead atoms. The Kier molecular flexibility index (Phi) is 2.04. The van der Waals surface area contributed by atoms with Crippen molar-refractivity contribution in [3.8, 4) is 11.1 Å². The van der Waals surface area contributed by atoms with Crippen LogP contribution in [0.15, 0.2) is 66.8 Å². The summed E-state index contributed by atoms with van der Waals surface area (Å²) >= 11 is 0. The van der Waals surface area contributed by atoms with Gasteiger partial charge in [-0.1, -0.05) is 66.8 Å². The normalized spacial score (nSPS) is 19.6. The highest BCUT2D eigenvalue weighted by molar-refractivity contribution is 5.91. The molecule has 0 heteroatoms. The van der Waals surface area contributed by atoms with E-state index < -0.39 is 0 Å². The first-order chi connectivity index (χ1) is 8.95. The van der Waals surface area contributed by atoms with Crippen LogP contribution in [0.5, 0.6) is 0 Å². The van der Waals surface area contributed by atoms with Crippen LogP contribution in [0.4, 0.5) is 0 Å². The minimum Gasteiger partial charge on any atom is -0.0836 e. The lowest BCUT2D eigenvalue weighted by Gasteiger charge is -2.31. The maximum atomic E-state index is 2.28. The van der Waals surface area contributed by atoms with E-state index in [4.69, 9.17) is 0 Å². The predicted octanol–water partition coefficient (Wildman–Crippen LogP) is 4.79. The van der Waals surface area contributed by atoms with Gasteiger partial charge in [-0.15, -0.1) is 0 Å². The Bertz CT molecular complexity index is 674. The fourth-order valence-corrected chi connectivity index (χ4v) is 3.22. The Labute approximate surface area is 107 Å². The molecule has 1 unspecified atom stereocenters. The molecule has 0 nitrogen and oxygen atoms in total. The smallest absolute Gasteiger partial charge is 0.0136 e. The van der Waals surface area contributed by atoms with E-state index in [-0.39, 0.29) is 0 Å². The number of hydrogen-bond acceptors (Lipinski definition) is 0. The molecule has 0 radical (unpaired) electrons. The quantitative estimate of drug-likeness (QED) is 0.610. The van der Waals surface area contributed by atoms with E-state index in [1.807, 2.05) is 0 Å². The van der Waals surface area contributed by atoms with Crippen LogP contribution in [0.2, 0.25) is 0 Å². The van der Waals surface area contributed by atoms with Gasteiger partial charge in [-0.25, -0.2) is 0 Å². The van der Waals surface area contributed by atoms with Crippen LogP contribution in [0, 0.1) is 0 Å². The summed E-state index contributed by atoms with van der Waals surface area (Å²) in [6, 6.07) is 17.6. The molecule has 0 N–H and O–H groups in total. The molecular weight excluding hydrogens is 216 g/mol. The Morgan fingerprint density at radius 3 is 2.39 bits per heavy atom. The van der Waals surface area contributed by atoms with Gasteiger partial charge in [0.15, 0.2) is 0 Å². The highest BCUT2D eigenvalue weighted by Crippen LogP contribution is 2.48. The largest absolute Gasteiger partial charge is 0.0836 e. The summed E-state index contributed by atoms with van der Waals surface area (Å²) in [6.07, 6.45) is 7.87. The minimum absolute atomic E-state index is 0.543. The van der Waals surface area contributed by atoms with Crippen LogP contribution in [-0.4, -0.2) is 0 Å². The van der Waals surface area contributed by atoms with Gasteiger partial charge in [0.05, 0.1) is 0 Å². The zero-order valence-corrected chi connectivity index (χ0v) is 10.1. The molecule has 2 aromatic rings. The molecule has 0 spiro atoms. The SMILES string of the molecule is C1=CCC2C(=C1)c1ccccc1-c1ccccc12. The Morgan fingerprint density at radius 2 is 1.50 bits per heavy atom. The predicted molar refractivity (Wildman–Crippen MR) is 76.4 cm³/mol. The van der Waals surface area contributed by atoms with Gasteiger partial charge in [-0.2, -0.15) is 0 Å². The molecule has 0 fully saturated rings. The molecular formula is C18H14. The van der Waals surface area contributed by atoms with Crippen molar-refractivity contribution in [1.29, 1.82) is 0 Å². The van der Waals surface area contributed by atoms with Crippen molar-refractivity contribution < 1.29 is 0 Å². The molecule has 0 saturated carbocycles. The maximum Gasteiger partial charge on any atom is 0.0136 e. The summed E-state index contributed by atoms with van der Waals surface area (Å²) < 4.78 is 0. The molecule has 0 saturated heterocycles. The van der Waals surface area contributed by atoms with E-state index in [9.17, 15) is 0 Å². The molecule has 86 valence electrons. The minimum atomic E-state index is 0.543. The van der Waals surface area contributed by atoms with Crippen molar-refractivity contribution in [2.24, 2.45) is 0 Å². The van der Waals surface area contributed by atoms with Crippen molar-refractivity contribution in [3.05, 3.63) is 77.9 Å². The third kappa shape index (κ3) is 1.26. The van der Waals surface area contributed by atoms with E-state index in [1.165, 1.54) is 27.8 Å². The van der Waals surface area contributed by atoms with Gasteiger partial charge in [0.2, 0.25) is 0 Å². The van der Waals surface area contributed by atoms with E-state index in [1.54, 1.807) is 0 Å². The second-order valence-electron chi connectivity index (χ2n) is 4.97. The Balaban J connectivity index is 2.09. The summed E-state index contributed by atoms with van der Waals surface area (Å²) in [5.41, 5.74) is 7.15. The van der Waals surface area contributed by atoms with Crippen LogP contribution in [0.25, 0.3) is 16.7 Å². The van der Waals surface area contributed by atoms with E-state index in [0.717, 1.165) is 6.42 Å². The molecule has 0 heterocycles. The van der Waals surface area contributed by atoms with Crippen LogP contribution in [0.1, 0.15) is 23.5 Å². The van der Waals surface area contributed by atoms with Gasteiger partial charge in [-0.05, 0) is 34.2 Å². The van der Waals surface area contributed by atoms with E-state index in [2.05, 4.69) is 66.8 Å². The number of rotatable bonds is 0. The number of fused-ring (bicyclic) bond motifs is 6. The molecule has 2 aliphatic rings. The Hall–Kier alpha value is -2.08. The number of allylic oxidation sites excluding steroid dienone is 4. The van der Waals surface area contributed by atoms with Crippen LogP contribution < -0.4 is 0 Å². The van der Waals surface area contributed by atoms with Gasteiger partial charge in [0.25, 0.3) is 0 Å². The van der Waals surface area contributed by atoms with Crippen molar-refractivity contribution in [2.45, 2.75) is 12.3 Å². The zero-order chi connectivity index (χ0) is 11.9. The van der Waals surface area contributed by atoms with Gasteiger partial charge in [0.1, 0.15) is 0 Å². The van der Waals surface area contributed by atoms with E-state index >= 15 is 0 Å². The zero-order valence-electron chi connectivity index (χ0n) is 10.1. The molecule has 2 aromatic carbocycles. The van der Waals surface area contributed by atoms with Crippen LogP contribution in [-0.2, 0) is 0 Å².